The Morgan fingerprint density at radius 3 is 2.06 bits per heavy atom. The summed E-state index contributed by atoms with van der Waals surface area (Å²) in [6.07, 6.45) is 4.26. The van der Waals surface area contributed by atoms with Crippen LogP contribution in [0.25, 0.3) is 0 Å². The van der Waals surface area contributed by atoms with Crippen molar-refractivity contribution in [3.05, 3.63) is 0 Å². The van der Waals surface area contributed by atoms with E-state index in [1.165, 1.54) is 0 Å². The van der Waals surface area contributed by atoms with Gasteiger partial charge in [-0.3, -0.25) is 9.59 Å². The number of hydrogen-bond acceptors (Lipinski definition) is 3. The normalized spacial score (nSPS) is 35.3. The Morgan fingerprint density at radius 2 is 1.72 bits per heavy atom. The van der Waals surface area contributed by atoms with Crippen molar-refractivity contribution >= 4 is 11.9 Å². The molecule has 3 rings (SSSR count). The Bertz CT molecular complexity index is 360. The van der Waals surface area contributed by atoms with Crippen molar-refractivity contribution in [2.75, 3.05) is 0 Å². The number of ether oxygens (including phenoxy) is 1. The highest BCUT2D eigenvalue weighted by Crippen LogP contribution is 2.53. The fourth-order valence-electron chi connectivity index (χ4n) is 3.45. The zero-order chi connectivity index (χ0) is 13.6. The predicted molar refractivity (Wildman–Crippen MR) is 66.0 cm³/mol. The summed E-state index contributed by atoms with van der Waals surface area (Å²) in [6, 6.07) is 0. The van der Waals surface area contributed by atoms with Crippen molar-refractivity contribution in [3.8, 4) is 0 Å². The van der Waals surface area contributed by atoms with E-state index in [0.29, 0.717) is 12.3 Å². The smallest absolute Gasteiger partial charge is 0.324 e. The molecule has 3 aliphatic rings. The second-order valence-electron chi connectivity index (χ2n) is 6.70. The third-order valence-corrected chi connectivity index (χ3v) is 4.30. The van der Waals surface area contributed by atoms with Crippen molar-refractivity contribution in [2.45, 2.75) is 58.5 Å². The summed E-state index contributed by atoms with van der Waals surface area (Å²) in [5.74, 6) is -1.20. The minimum absolute atomic E-state index is 0.0464. The van der Waals surface area contributed by atoms with Crippen LogP contribution in [0.3, 0.4) is 0 Å². The largest absolute Gasteiger partial charge is 0.480 e. The van der Waals surface area contributed by atoms with E-state index in [4.69, 9.17) is 4.74 Å². The van der Waals surface area contributed by atoms with Gasteiger partial charge in [-0.25, -0.2) is 0 Å². The van der Waals surface area contributed by atoms with Gasteiger partial charge in [0.05, 0.1) is 0 Å². The first kappa shape index (κ1) is 13.4. The first-order chi connectivity index (χ1) is 8.25. The minimum Gasteiger partial charge on any atom is -0.480 e. The van der Waals surface area contributed by atoms with Gasteiger partial charge in [0.2, 0.25) is 0 Å². The van der Waals surface area contributed by atoms with Crippen molar-refractivity contribution in [1.29, 1.82) is 0 Å². The van der Waals surface area contributed by atoms with Crippen LogP contribution in [-0.4, -0.2) is 22.6 Å². The van der Waals surface area contributed by atoms with Crippen LogP contribution in [0.5, 0.6) is 0 Å². The average Bonchev–Trinajstić information content (AvgIpc) is 2.27. The lowest BCUT2D eigenvalue weighted by atomic mass is 9.56. The van der Waals surface area contributed by atoms with Gasteiger partial charge in [0.25, 0.3) is 0 Å². The quantitative estimate of drug-likeness (QED) is 0.607. The van der Waals surface area contributed by atoms with Crippen LogP contribution >= 0.6 is 0 Å². The lowest BCUT2D eigenvalue weighted by molar-refractivity contribution is -0.189. The number of carboxylic acid groups (broad SMARTS) is 1. The molecule has 3 saturated carbocycles. The third kappa shape index (κ3) is 2.13. The van der Waals surface area contributed by atoms with E-state index in [2.05, 4.69) is 0 Å². The fourth-order valence-corrected chi connectivity index (χ4v) is 3.45. The van der Waals surface area contributed by atoms with E-state index in [9.17, 15) is 14.7 Å². The summed E-state index contributed by atoms with van der Waals surface area (Å²) < 4.78 is 5.37. The van der Waals surface area contributed by atoms with E-state index in [-0.39, 0.29) is 5.92 Å². The van der Waals surface area contributed by atoms with Crippen LogP contribution in [0, 0.1) is 17.3 Å². The highest BCUT2D eigenvalue weighted by atomic mass is 16.6. The molecule has 18 heavy (non-hydrogen) atoms. The number of hydrogen-bond donors (Lipinski definition) is 1. The Hall–Kier alpha value is -1.06. The molecule has 1 unspecified atom stereocenters. The lowest BCUT2D eigenvalue weighted by Crippen LogP contribution is -2.54. The molecule has 3 fully saturated rings. The zero-order valence-electron chi connectivity index (χ0n) is 11.4. The topological polar surface area (TPSA) is 63.6 Å². The number of rotatable bonds is 2. The molecule has 4 heteroatoms. The minimum atomic E-state index is -1.28. The van der Waals surface area contributed by atoms with Crippen molar-refractivity contribution in [3.63, 3.8) is 0 Å². The lowest BCUT2D eigenvalue weighted by Gasteiger charge is -2.47. The van der Waals surface area contributed by atoms with Crippen molar-refractivity contribution in [1.82, 2.24) is 0 Å². The third-order valence-electron chi connectivity index (χ3n) is 4.30. The summed E-state index contributed by atoms with van der Waals surface area (Å²) in [5, 5.41) is 9.58. The van der Waals surface area contributed by atoms with Crippen LogP contribution < -0.4 is 0 Å². The molecular formula is C14H22O4. The van der Waals surface area contributed by atoms with Crippen LogP contribution in [0.2, 0.25) is 0 Å². The molecule has 0 radical (unpaired) electrons. The number of carbonyl (C=O) groups excluding carboxylic acids is 1. The zero-order valence-corrected chi connectivity index (χ0v) is 11.4. The van der Waals surface area contributed by atoms with E-state index < -0.39 is 23.0 Å². The number of carboxylic acids is 1. The van der Waals surface area contributed by atoms with Gasteiger partial charge in [0, 0.05) is 0 Å². The Kier molecular flexibility index (Phi) is 3.16. The Labute approximate surface area is 108 Å². The molecule has 0 spiro atoms. The Balaban J connectivity index is 2.28. The monoisotopic (exact) mass is 254 g/mol. The van der Waals surface area contributed by atoms with Crippen molar-refractivity contribution < 1.29 is 19.4 Å². The molecule has 0 aromatic carbocycles. The van der Waals surface area contributed by atoms with Crippen LogP contribution in [0.4, 0.5) is 0 Å². The van der Waals surface area contributed by atoms with E-state index >= 15 is 0 Å². The second kappa shape index (κ2) is 4.25. The first-order valence-corrected chi connectivity index (χ1v) is 6.72. The van der Waals surface area contributed by atoms with Gasteiger partial charge >= 0.3 is 11.9 Å². The van der Waals surface area contributed by atoms with Gasteiger partial charge in [-0.15, -0.1) is 0 Å². The van der Waals surface area contributed by atoms with Gasteiger partial charge in [-0.2, -0.15) is 0 Å². The van der Waals surface area contributed by atoms with Gasteiger partial charge < -0.3 is 9.84 Å². The molecule has 3 aliphatic carbocycles. The highest BCUT2D eigenvalue weighted by molar-refractivity contribution is 6.00. The molecule has 2 bridgehead atoms. The van der Waals surface area contributed by atoms with E-state index in [1.54, 1.807) is 20.8 Å². The van der Waals surface area contributed by atoms with Gasteiger partial charge in [-0.1, -0.05) is 12.8 Å². The standard InChI is InChI=1S/C14H22O4/c1-13(2,3)18-12(17)14(11(15)16)8-9-4-6-10(14)7-5-9/h9-10H,4-8H2,1-3H3,(H,15,16). The Morgan fingerprint density at radius 1 is 1.17 bits per heavy atom. The van der Waals surface area contributed by atoms with Gasteiger partial charge in [-0.05, 0) is 51.9 Å². The van der Waals surface area contributed by atoms with Crippen LogP contribution in [0.1, 0.15) is 52.9 Å². The van der Waals surface area contributed by atoms with Gasteiger partial charge in [0.15, 0.2) is 5.41 Å². The molecular weight excluding hydrogens is 232 g/mol. The average molecular weight is 254 g/mol. The highest BCUT2D eigenvalue weighted by Gasteiger charge is 2.59. The molecule has 0 amide bonds. The molecule has 4 nitrogen and oxygen atoms in total. The summed E-state index contributed by atoms with van der Waals surface area (Å²) in [7, 11) is 0. The number of esters is 1. The number of fused-ring (bicyclic) bond motifs is 3. The maximum absolute atomic E-state index is 12.4. The maximum Gasteiger partial charge on any atom is 0.324 e. The number of aliphatic carboxylic acids is 1. The summed E-state index contributed by atoms with van der Waals surface area (Å²) >= 11 is 0. The summed E-state index contributed by atoms with van der Waals surface area (Å²) in [4.78, 5) is 24.1. The first-order valence-electron chi connectivity index (χ1n) is 6.72. The van der Waals surface area contributed by atoms with E-state index in [0.717, 1.165) is 25.7 Å². The maximum atomic E-state index is 12.4. The summed E-state index contributed by atoms with van der Waals surface area (Å²) in [6.45, 7) is 5.34. The number of carbonyl (C=O) groups is 2. The fraction of sp³-hybridized carbons (Fsp3) is 0.857. The molecule has 1 atom stereocenters. The van der Waals surface area contributed by atoms with Crippen molar-refractivity contribution in [2.24, 2.45) is 17.3 Å². The molecule has 0 heterocycles. The molecule has 0 aromatic heterocycles. The second-order valence-corrected chi connectivity index (χ2v) is 6.70. The van der Waals surface area contributed by atoms with E-state index in [1.807, 2.05) is 0 Å². The molecule has 0 aromatic rings. The van der Waals surface area contributed by atoms with Crippen LogP contribution in [-0.2, 0) is 14.3 Å². The molecule has 0 aliphatic heterocycles. The summed E-state index contributed by atoms with van der Waals surface area (Å²) in [5.41, 5.74) is -1.91. The SMILES string of the molecule is CC(C)(C)OC(=O)C1(C(=O)O)CC2CCC1CC2. The molecule has 1 N–H and O–H groups in total. The van der Waals surface area contributed by atoms with Gasteiger partial charge in [0.1, 0.15) is 5.60 Å². The molecule has 102 valence electrons. The molecule has 0 saturated heterocycles. The predicted octanol–water partition coefficient (Wildman–Crippen LogP) is 2.61. The van der Waals surface area contributed by atoms with Crippen LogP contribution in [0.15, 0.2) is 0 Å².